The summed E-state index contributed by atoms with van der Waals surface area (Å²) in [4.78, 5) is 0. The van der Waals surface area contributed by atoms with Crippen LogP contribution in [0.5, 0.6) is 0 Å². The van der Waals surface area contributed by atoms with Crippen molar-refractivity contribution in [2.75, 3.05) is 0 Å². The van der Waals surface area contributed by atoms with Crippen molar-refractivity contribution < 1.29 is 0 Å². The van der Waals surface area contributed by atoms with Gasteiger partial charge in [0.2, 0.25) is 0 Å². The van der Waals surface area contributed by atoms with Gasteiger partial charge < -0.3 is 0 Å². The van der Waals surface area contributed by atoms with Crippen molar-refractivity contribution in [2.24, 2.45) is 0 Å². The molecule has 0 radical (unpaired) electrons. The van der Waals surface area contributed by atoms with Crippen LogP contribution in [0.25, 0.3) is 21.5 Å². The summed E-state index contributed by atoms with van der Waals surface area (Å²) in [5.74, 6) is 0. The predicted octanol–water partition coefficient (Wildman–Crippen LogP) is 4.45. The summed E-state index contributed by atoms with van der Waals surface area (Å²) in [5, 5.41) is 13.7. The lowest BCUT2D eigenvalue weighted by Crippen LogP contribution is -1.84. The predicted molar refractivity (Wildman–Crippen MR) is 75.4 cm³/mol. The van der Waals surface area contributed by atoms with Gasteiger partial charge in [-0.05, 0) is 33.5 Å². The van der Waals surface area contributed by atoms with E-state index in [1.54, 1.807) is 0 Å². The number of nitriles is 1. The molecule has 86 valence electrons. The Morgan fingerprint density at radius 3 is 2.50 bits per heavy atom. The summed E-state index contributed by atoms with van der Waals surface area (Å²) in [6.45, 7) is 0. The van der Waals surface area contributed by atoms with Crippen molar-refractivity contribution >= 4 is 21.5 Å². The molecular formula is C17H13N. The smallest absolute Gasteiger partial charge is 0.0625 e. The van der Waals surface area contributed by atoms with Gasteiger partial charge >= 0.3 is 0 Å². The van der Waals surface area contributed by atoms with Crippen LogP contribution in [0.4, 0.5) is 0 Å². The average molecular weight is 231 g/mol. The van der Waals surface area contributed by atoms with Crippen LogP contribution >= 0.6 is 0 Å². The normalized spacial score (nSPS) is 10.6. The SMILES string of the molecule is N#CCCc1ccc2c(ccc3ccccc32)c1. The van der Waals surface area contributed by atoms with Gasteiger partial charge in [0.25, 0.3) is 0 Å². The molecule has 0 bridgehead atoms. The van der Waals surface area contributed by atoms with Crippen LogP contribution in [0, 0.1) is 11.3 Å². The monoisotopic (exact) mass is 231 g/mol. The number of rotatable bonds is 2. The number of hydrogen-bond donors (Lipinski definition) is 0. The summed E-state index contributed by atoms with van der Waals surface area (Å²) in [5.41, 5.74) is 1.24. The molecule has 0 aromatic heterocycles. The zero-order valence-corrected chi connectivity index (χ0v) is 10.1. The summed E-state index contributed by atoms with van der Waals surface area (Å²) >= 11 is 0. The average Bonchev–Trinajstić information content (AvgIpc) is 2.44. The van der Waals surface area contributed by atoms with Gasteiger partial charge in [-0.3, -0.25) is 0 Å². The number of hydrogen-bond acceptors (Lipinski definition) is 1. The molecule has 0 spiro atoms. The summed E-state index contributed by atoms with van der Waals surface area (Å²) < 4.78 is 0. The molecule has 0 heterocycles. The molecule has 0 aliphatic heterocycles. The Kier molecular flexibility index (Phi) is 2.70. The number of nitrogens with zero attached hydrogens (tertiary/aromatic N) is 1. The van der Waals surface area contributed by atoms with Crippen LogP contribution in [0.2, 0.25) is 0 Å². The summed E-state index contributed by atoms with van der Waals surface area (Å²) in [6, 6.07) is 21.4. The van der Waals surface area contributed by atoms with Gasteiger partial charge in [0.1, 0.15) is 0 Å². The Labute approximate surface area is 106 Å². The molecule has 1 nitrogen and oxygen atoms in total. The molecule has 0 saturated heterocycles. The van der Waals surface area contributed by atoms with Crippen molar-refractivity contribution in [3.05, 3.63) is 60.2 Å². The first-order valence-electron chi connectivity index (χ1n) is 6.16. The molecule has 3 aromatic rings. The standard InChI is InChI=1S/C17H13N/c18-11-3-4-13-7-10-17-15(12-13)9-8-14-5-1-2-6-16(14)17/h1-2,5-10,12H,3-4H2. The molecule has 0 amide bonds. The van der Waals surface area contributed by atoms with Gasteiger partial charge in [0.15, 0.2) is 0 Å². The van der Waals surface area contributed by atoms with Crippen LogP contribution in [-0.2, 0) is 6.42 Å². The Bertz CT molecular complexity index is 750. The molecule has 3 aromatic carbocycles. The first kappa shape index (κ1) is 10.8. The quantitative estimate of drug-likeness (QED) is 0.598. The minimum Gasteiger partial charge on any atom is -0.198 e. The largest absolute Gasteiger partial charge is 0.198 e. The van der Waals surface area contributed by atoms with Crippen molar-refractivity contribution in [1.29, 1.82) is 5.26 Å². The fourth-order valence-electron chi connectivity index (χ4n) is 2.42. The molecule has 0 unspecified atom stereocenters. The maximum absolute atomic E-state index is 8.63. The number of benzene rings is 3. The molecule has 3 rings (SSSR count). The van der Waals surface area contributed by atoms with Gasteiger partial charge in [-0.15, -0.1) is 0 Å². The molecule has 0 saturated carbocycles. The van der Waals surface area contributed by atoms with Crippen molar-refractivity contribution in [2.45, 2.75) is 12.8 Å². The van der Waals surface area contributed by atoms with Gasteiger partial charge in [0.05, 0.1) is 6.07 Å². The third-order valence-corrected chi connectivity index (χ3v) is 3.33. The molecule has 18 heavy (non-hydrogen) atoms. The molecular weight excluding hydrogens is 218 g/mol. The second-order valence-corrected chi connectivity index (χ2v) is 4.50. The van der Waals surface area contributed by atoms with Crippen LogP contribution in [-0.4, -0.2) is 0 Å². The highest BCUT2D eigenvalue weighted by Crippen LogP contribution is 2.26. The number of aryl methyl sites for hydroxylation is 1. The maximum atomic E-state index is 8.63. The fraction of sp³-hybridized carbons (Fsp3) is 0.118. The highest BCUT2D eigenvalue weighted by atomic mass is 14.2. The summed E-state index contributed by atoms with van der Waals surface area (Å²) in [7, 11) is 0. The first-order chi connectivity index (χ1) is 8.88. The maximum Gasteiger partial charge on any atom is 0.0625 e. The van der Waals surface area contributed by atoms with Gasteiger partial charge in [0, 0.05) is 6.42 Å². The van der Waals surface area contributed by atoms with Crippen LogP contribution in [0.3, 0.4) is 0 Å². The fourth-order valence-corrected chi connectivity index (χ4v) is 2.42. The molecule has 0 atom stereocenters. The van der Waals surface area contributed by atoms with Gasteiger partial charge in [-0.2, -0.15) is 5.26 Å². The van der Waals surface area contributed by atoms with E-state index in [0.29, 0.717) is 6.42 Å². The van der Waals surface area contributed by atoms with E-state index < -0.39 is 0 Å². The Morgan fingerprint density at radius 2 is 1.61 bits per heavy atom. The zero-order valence-electron chi connectivity index (χ0n) is 10.1. The van der Waals surface area contributed by atoms with E-state index in [1.165, 1.54) is 27.1 Å². The Balaban J connectivity index is 2.19. The lowest BCUT2D eigenvalue weighted by molar-refractivity contribution is 1.01. The summed E-state index contributed by atoms with van der Waals surface area (Å²) in [6.07, 6.45) is 1.42. The van der Waals surface area contributed by atoms with Crippen LogP contribution in [0.15, 0.2) is 54.6 Å². The van der Waals surface area contributed by atoms with E-state index >= 15 is 0 Å². The van der Waals surface area contributed by atoms with E-state index in [9.17, 15) is 0 Å². The zero-order chi connectivity index (χ0) is 12.4. The van der Waals surface area contributed by atoms with Crippen molar-refractivity contribution in [3.63, 3.8) is 0 Å². The number of fused-ring (bicyclic) bond motifs is 3. The lowest BCUT2D eigenvalue weighted by atomic mass is 9.99. The minimum absolute atomic E-state index is 0.582. The van der Waals surface area contributed by atoms with Crippen LogP contribution in [0.1, 0.15) is 12.0 Å². The first-order valence-corrected chi connectivity index (χ1v) is 6.16. The Hall–Kier alpha value is -2.33. The molecule has 0 N–H and O–H groups in total. The second kappa shape index (κ2) is 4.50. The Morgan fingerprint density at radius 1 is 0.833 bits per heavy atom. The minimum atomic E-state index is 0.582. The van der Waals surface area contributed by atoms with Gasteiger partial charge in [-0.25, -0.2) is 0 Å². The van der Waals surface area contributed by atoms with E-state index in [0.717, 1.165) is 6.42 Å². The van der Waals surface area contributed by atoms with Crippen LogP contribution < -0.4 is 0 Å². The third-order valence-electron chi connectivity index (χ3n) is 3.33. The third kappa shape index (κ3) is 1.83. The molecule has 0 aliphatic carbocycles. The highest BCUT2D eigenvalue weighted by Gasteiger charge is 2.01. The molecule has 0 fully saturated rings. The second-order valence-electron chi connectivity index (χ2n) is 4.50. The van der Waals surface area contributed by atoms with Gasteiger partial charge in [-0.1, -0.05) is 54.6 Å². The van der Waals surface area contributed by atoms with E-state index in [2.05, 4.69) is 60.7 Å². The van der Waals surface area contributed by atoms with E-state index in [4.69, 9.17) is 5.26 Å². The highest BCUT2D eigenvalue weighted by molar-refractivity contribution is 6.07. The van der Waals surface area contributed by atoms with E-state index in [-0.39, 0.29) is 0 Å². The van der Waals surface area contributed by atoms with Crippen molar-refractivity contribution in [3.8, 4) is 6.07 Å². The lowest BCUT2D eigenvalue weighted by Gasteiger charge is -2.05. The van der Waals surface area contributed by atoms with E-state index in [1.807, 2.05) is 0 Å². The topological polar surface area (TPSA) is 23.8 Å². The van der Waals surface area contributed by atoms with Crippen molar-refractivity contribution in [1.82, 2.24) is 0 Å². The molecule has 0 aliphatic rings. The molecule has 1 heteroatoms.